The summed E-state index contributed by atoms with van der Waals surface area (Å²) in [7, 11) is 0. The largest absolute Gasteiger partial charge is 0.394 e. The maximum atomic E-state index is 9.94. The average Bonchev–Trinajstić information content (AvgIpc) is 2.56. The van der Waals surface area contributed by atoms with E-state index in [-0.39, 0.29) is 0 Å². The zero-order valence-corrected chi connectivity index (χ0v) is 12.3. The first kappa shape index (κ1) is 19.8. The van der Waals surface area contributed by atoms with Crippen molar-refractivity contribution in [3.63, 3.8) is 0 Å². The molecule has 0 saturated carbocycles. The van der Waals surface area contributed by atoms with Gasteiger partial charge in [-0.3, -0.25) is 0 Å². The molecule has 0 aromatic heterocycles. The molecule has 0 aromatic carbocycles. The Morgan fingerprint density at radius 2 is 1.33 bits per heavy atom. The van der Waals surface area contributed by atoms with Gasteiger partial charge in [-0.05, 0) is 0 Å². The second-order valence-corrected chi connectivity index (χ2v) is 5.69. The molecule has 9 N–H and O–H groups in total. The van der Waals surface area contributed by atoms with Crippen LogP contribution in [-0.4, -0.2) is 120 Å². The molecule has 142 valence electrons. The molecule has 0 aliphatic carbocycles. The Morgan fingerprint density at radius 1 is 0.750 bits per heavy atom. The molecular formula is C12H22O12. The highest BCUT2D eigenvalue weighted by Gasteiger charge is 2.49. The van der Waals surface area contributed by atoms with Gasteiger partial charge in [-0.2, -0.15) is 0 Å². The second kappa shape index (κ2) is 7.82. The first-order valence-electron chi connectivity index (χ1n) is 7.20. The topological polar surface area (TPSA) is 210 Å². The summed E-state index contributed by atoms with van der Waals surface area (Å²) < 4.78 is 14.6. The summed E-state index contributed by atoms with van der Waals surface area (Å²) in [5, 5.41) is 86.1. The van der Waals surface area contributed by atoms with Crippen LogP contribution in [0.5, 0.6) is 0 Å². The van der Waals surface area contributed by atoms with E-state index in [4.69, 9.17) is 19.3 Å². The Bertz CT molecular complexity index is 407. The van der Waals surface area contributed by atoms with Crippen LogP contribution < -0.4 is 0 Å². The zero-order valence-electron chi connectivity index (χ0n) is 12.3. The molecule has 2 fully saturated rings. The highest BCUT2D eigenvalue weighted by Crippen LogP contribution is 2.27. The molecule has 2 heterocycles. The van der Waals surface area contributed by atoms with Crippen molar-refractivity contribution in [2.45, 2.75) is 67.7 Å². The second-order valence-electron chi connectivity index (χ2n) is 5.69. The van der Waals surface area contributed by atoms with Crippen molar-refractivity contribution in [1.29, 1.82) is 0 Å². The fourth-order valence-corrected chi connectivity index (χ4v) is 2.52. The quantitative estimate of drug-likeness (QED) is 0.215. The van der Waals surface area contributed by atoms with Crippen LogP contribution in [0.1, 0.15) is 0 Å². The van der Waals surface area contributed by atoms with Crippen molar-refractivity contribution in [2.75, 3.05) is 6.61 Å². The lowest BCUT2D eigenvalue weighted by Gasteiger charge is -2.43. The van der Waals surface area contributed by atoms with E-state index in [1.807, 2.05) is 0 Å². The van der Waals surface area contributed by atoms with Gasteiger partial charge in [0.1, 0.15) is 48.8 Å². The molecule has 2 rings (SSSR count). The van der Waals surface area contributed by atoms with Crippen LogP contribution >= 0.6 is 0 Å². The van der Waals surface area contributed by atoms with Gasteiger partial charge in [0.2, 0.25) is 0 Å². The molecule has 0 bridgehead atoms. The molecule has 24 heavy (non-hydrogen) atoms. The van der Waals surface area contributed by atoms with E-state index in [9.17, 15) is 40.9 Å². The third-order valence-corrected chi connectivity index (χ3v) is 4.03. The van der Waals surface area contributed by atoms with Crippen LogP contribution in [0.15, 0.2) is 0 Å². The van der Waals surface area contributed by atoms with Gasteiger partial charge in [0.05, 0.1) is 6.61 Å². The molecule has 2 aliphatic rings. The van der Waals surface area contributed by atoms with E-state index in [2.05, 4.69) is 0 Å². The minimum absolute atomic E-state index is 0.715. The number of ether oxygens (including phenoxy) is 3. The van der Waals surface area contributed by atoms with E-state index in [0.717, 1.165) is 0 Å². The van der Waals surface area contributed by atoms with Gasteiger partial charge < -0.3 is 60.2 Å². The molecule has 12 nitrogen and oxygen atoms in total. The van der Waals surface area contributed by atoms with E-state index >= 15 is 0 Å². The van der Waals surface area contributed by atoms with E-state index < -0.39 is 74.3 Å². The van der Waals surface area contributed by atoms with Crippen molar-refractivity contribution < 1.29 is 60.2 Å². The molecule has 0 radical (unpaired) electrons. The number of hydrogen-bond donors (Lipinski definition) is 9. The Hall–Kier alpha value is -0.480. The lowest BCUT2D eigenvalue weighted by atomic mass is 9.98. The summed E-state index contributed by atoms with van der Waals surface area (Å²) in [4.78, 5) is 0. The van der Waals surface area contributed by atoms with Gasteiger partial charge >= 0.3 is 0 Å². The van der Waals surface area contributed by atoms with Gasteiger partial charge in [0.25, 0.3) is 0 Å². The molecule has 11 atom stereocenters. The van der Waals surface area contributed by atoms with Gasteiger partial charge in [0.15, 0.2) is 18.9 Å². The van der Waals surface area contributed by atoms with Crippen molar-refractivity contribution >= 4 is 0 Å². The lowest BCUT2D eigenvalue weighted by Crippen LogP contribution is -2.63. The third kappa shape index (κ3) is 3.70. The standard InChI is InChI=1S/C12H22O12/c13-1-2-3(14)4(15)8(19)12(22-2)24-11(21)9-6(17)5(16)7(18)10(20)23-9/h2-21H,1H2/t2-,3-,4+,5+,6+,7+,8+,9+,10+,11?,12-/m0/s1. The zero-order chi connectivity index (χ0) is 18.2. The number of hydrogen-bond acceptors (Lipinski definition) is 12. The van der Waals surface area contributed by atoms with Gasteiger partial charge in [-0.1, -0.05) is 0 Å². The number of aliphatic hydroxyl groups is 9. The van der Waals surface area contributed by atoms with Crippen molar-refractivity contribution in [3.05, 3.63) is 0 Å². The Morgan fingerprint density at radius 3 is 1.92 bits per heavy atom. The van der Waals surface area contributed by atoms with E-state index in [0.29, 0.717) is 0 Å². The number of rotatable bonds is 4. The minimum atomic E-state index is -2.06. The fraction of sp³-hybridized carbons (Fsp3) is 1.00. The summed E-state index contributed by atoms with van der Waals surface area (Å²) in [5.74, 6) is 0. The maximum absolute atomic E-state index is 9.94. The molecule has 2 saturated heterocycles. The van der Waals surface area contributed by atoms with Crippen LogP contribution in [0.2, 0.25) is 0 Å². The molecule has 0 amide bonds. The Labute approximate surface area is 135 Å². The highest BCUT2D eigenvalue weighted by atomic mass is 16.8. The SMILES string of the molecule is OC[C@@H]1O[C@@H](OC(O)[C@@H]2O[C@@H](O)[C@H](O)[C@H](O)[C@H]2O)[C@H](O)[C@H](O)[C@H]1O. The van der Waals surface area contributed by atoms with Crippen LogP contribution in [0, 0.1) is 0 Å². The summed E-state index contributed by atoms with van der Waals surface area (Å²) in [6, 6.07) is 0. The molecule has 1 unspecified atom stereocenters. The maximum Gasteiger partial charge on any atom is 0.189 e. The molecular weight excluding hydrogens is 336 g/mol. The van der Waals surface area contributed by atoms with Crippen LogP contribution in [0.4, 0.5) is 0 Å². The Balaban J connectivity index is 2.04. The molecule has 0 spiro atoms. The predicted molar refractivity (Wildman–Crippen MR) is 69.8 cm³/mol. The monoisotopic (exact) mass is 358 g/mol. The van der Waals surface area contributed by atoms with Crippen molar-refractivity contribution in [3.8, 4) is 0 Å². The van der Waals surface area contributed by atoms with Gasteiger partial charge in [-0.15, -0.1) is 0 Å². The normalized spacial score (nSPS) is 51.4. The van der Waals surface area contributed by atoms with Crippen molar-refractivity contribution in [2.24, 2.45) is 0 Å². The minimum Gasteiger partial charge on any atom is -0.394 e. The van der Waals surface area contributed by atoms with Crippen LogP contribution in [0.3, 0.4) is 0 Å². The first-order valence-corrected chi connectivity index (χ1v) is 7.20. The van der Waals surface area contributed by atoms with E-state index in [1.165, 1.54) is 0 Å². The third-order valence-electron chi connectivity index (χ3n) is 4.03. The smallest absolute Gasteiger partial charge is 0.189 e. The van der Waals surface area contributed by atoms with Crippen molar-refractivity contribution in [1.82, 2.24) is 0 Å². The average molecular weight is 358 g/mol. The summed E-state index contributed by atoms with van der Waals surface area (Å²) in [6.45, 7) is -0.715. The summed E-state index contributed by atoms with van der Waals surface area (Å²) in [6.07, 6.45) is -19.4. The van der Waals surface area contributed by atoms with Crippen LogP contribution in [0.25, 0.3) is 0 Å². The molecule has 0 aromatic rings. The molecule has 12 heteroatoms. The van der Waals surface area contributed by atoms with E-state index in [1.54, 1.807) is 0 Å². The first-order chi connectivity index (χ1) is 11.2. The fourth-order valence-electron chi connectivity index (χ4n) is 2.52. The Kier molecular flexibility index (Phi) is 6.46. The van der Waals surface area contributed by atoms with Crippen LogP contribution in [-0.2, 0) is 14.2 Å². The summed E-state index contributed by atoms with van der Waals surface area (Å²) >= 11 is 0. The summed E-state index contributed by atoms with van der Waals surface area (Å²) in [5.41, 5.74) is 0. The predicted octanol–water partition coefficient (Wildman–Crippen LogP) is -6.08. The van der Waals surface area contributed by atoms with Gasteiger partial charge in [-0.25, -0.2) is 0 Å². The highest BCUT2D eigenvalue weighted by molar-refractivity contribution is 4.92. The number of aliphatic hydroxyl groups excluding tert-OH is 9. The lowest BCUT2D eigenvalue weighted by molar-refractivity contribution is -0.371. The molecule has 2 aliphatic heterocycles. The van der Waals surface area contributed by atoms with Gasteiger partial charge in [0, 0.05) is 0 Å².